The van der Waals surface area contributed by atoms with Crippen molar-refractivity contribution in [2.75, 3.05) is 20.3 Å². The van der Waals surface area contributed by atoms with Crippen LogP contribution >= 0.6 is 0 Å². The number of aliphatic hydroxyl groups excluding tert-OH is 1. The number of hydrogen-bond acceptors (Lipinski definition) is 10. The zero-order chi connectivity index (χ0) is 29.7. The predicted molar refractivity (Wildman–Crippen MR) is 148 cm³/mol. The molecule has 2 fully saturated rings. The molecule has 218 valence electrons. The number of carbonyl (C=O) groups excluding carboxylic acids is 4. The summed E-state index contributed by atoms with van der Waals surface area (Å²) in [4.78, 5) is 58.3. The number of carbonyl (C=O) groups is 4. The number of amides is 2. The third-order valence-corrected chi connectivity index (χ3v) is 7.03. The first-order valence-corrected chi connectivity index (χ1v) is 13.6. The number of aromatic nitrogens is 1. The van der Waals surface area contributed by atoms with Crippen LogP contribution in [0.15, 0.2) is 48.5 Å². The third kappa shape index (κ3) is 7.29. The summed E-state index contributed by atoms with van der Waals surface area (Å²) in [5.41, 5.74) is 1.44. The van der Waals surface area contributed by atoms with Crippen molar-refractivity contribution in [2.45, 2.75) is 57.4 Å². The number of ether oxygens (including phenoxy) is 1. The van der Waals surface area contributed by atoms with E-state index in [1.165, 1.54) is 13.0 Å². The normalized spacial score (nSPS) is 21.6. The first kappa shape index (κ1) is 30.2. The van der Waals surface area contributed by atoms with Gasteiger partial charge in [0.2, 0.25) is 5.91 Å². The van der Waals surface area contributed by atoms with Gasteiger partial charge in [-0.2, -0.15) is 0 Å². The fraction of sp³-hybridized carbons (Fsp3) is 0.464. The molecule has 4 rings (SSSR count). The molecule has 13 heteroatoms. The maximum Gasteiger partial charge on any atom is 0.622 e. The minimum atomic E-state index is -1.41. The van der Waals surface area contributed by atoms with Crippen LogP contribution < -0.4 is 10.6 Å². The highest BCUT2D eigenvalue weighted by Gasteiger charge is 2.49. The number of morpholine rings is 1. The molecule has 1 unspecified atom stereocenters. The Morgan fingerprint density at radius 3 is 2.22 bits per heavy atom. The molecular formula is C28H35BN4O8. The number of pyridine rings is 1. The standard InChI is InChI=1S/C28H35BN4O8/c1-16(2)13-23(29-40-27(37)21-14-39-15-22(33(21)4)28(38)41-29)31-26(36)24(17(3)34)32-25(35)20-12-8-11-19(30-20)18-9-6-5-7-10-18/h5-12,16-17,21-24,34H,13-15H2,1-4H3,(H,31,36)(H,32,35)/t17-,21+,22+,23+,24?/m1/s1. The second-order valence-electron chi connectivity index (χ2n) is 10.7. The molecule has 2 aromatic rings. The van der Waals surface area contributed by atoms with E-state index < -0.39 is 61.0 Å². The number of benzene rings is 1. The molecule has 2 amide bonds. The molecule has 3 heterocycles. The number of rotatable bonds is 9. The average molecular weight is 566 g/mol. The maximum atomic E-state index is 13.4. The van der Waals surface area contributed by atoms with Crippen LogP contribution in [-0.4, -0.2) is 96.3 Å². The van der Waals surface area contributed by atoms with Gasteiger partial charge < -0.3 is 29.8 Å². The zero-order valence-electron chi connectivity index (χ0n) is 23.5. The molecule has 2 bridgehead atoms. The molecule has 3 N–H and O–H groups in total. The van der Waals surface area contributed by atoms with Gasteiger partial charge in [-0.3, -0.25) is 24.1 Å². The second-order valence-corrected chi connectivity index (χ2v) is 10.7. The molecule has 2 aliphatic rings. The van der Waals surface area contributed by atoms with Crippen LogP contribution in [-0.2, 0) is 28.4 Å². The van der Waals surface area contributed by atoms with E-state index in [9.17, 15) is 24.3 Å². The van der Waals surface area contributed by atoms with Crippen LogP contribution in [0.4, 0.5) is 0 Å². The number of fused-ring (bicyclic) bond motifs is 2. The summed E-state index contributed by atoms with van der Waals surface area (Å²) in [7, 11) is 0.210. The van der Waals surface area contributed by atoms with Crippen molar-refractivity contribution in [1.82, 2.24) is 20.5 Å². The molecule has 1 aromatic heterocycles. The molecular weight excluding hydrogens is 531 g/mol. The van der Waals surface area contributed by atoms with Gasteiger partial charge in [0.1, 0.15) is 23.8 Å². The number of nitrogens with one attached hydrogen (secondary N) is 2. The molecule has 0 aliphatic carbocycles. The summed E-state index contributed by atoms with van der Waals surface area (Å²) in [6.07, 6.45) is -1.01. The largest absolute Gasteiger partial charge is 0.622 e. The van der Waals surface area contributed by atoms with E-state index in [0.717, 1.165) is 5.56 Å². The van der Waals surface area contributed by atoms with E-state index in [0.29, 0.717) is 5.69 Å². The summed E-state index contributed by atoms with van der Waals surface area (Å²) in [6.45, 7) is 5.26. The highest BCUT2D eigenvalue weighted by Crippen LogP contribution is 2.21. The van der Waals surface area contributed by atoms with Gasteiger partial charge in [0.05, 0.1) is 31.0 Å². The molecule has 2 saturated heterocycles. The Hall–Kier alpha value is -3.81. The minimum absolute atomic E-state index is 0.00170. The Balaban J connectivity index is 1.51. The van der Waals surface area contributed by atoms with Crippen molar-refractivity contribution in [2.24, 2.45) is 5.92 Å². The molecule has 12 nitrogen and oxygen atoms in total. The van der Waals surface area contributed by atoms with Crippen LogP contribution in [0.25, 0.3) is 11.3 Å². The van der Waals surface area contributed by atoms with Crippen LogP contribution in [0.5, 0.6) is 0 Å². The van der Waals surface area contributed by atoms with Crippen LogP contribution in [0.2, 0.25) is 0 Å². The van der Waals surface area contributed by atoms with Crippen LogP contribution in [0, 0.1) is 5.92 Å². The van der Waals surface area contributed by atoms with Crippen LogP contribution in [0.3, 0.4) is 0 Å². The van der Waals surface area contributed by atoms with Gasteiger partial charge in [-0.25, -0.2) is 4.98 Å². The van der Waals surface area contributed by atoms with Gasteiger partial charge in [-0.15, -0.1) is 0 Å². The molecule has 41 heavy (non-hydrogen) atoms. The van der Waals surface area contributed by atoms with Crippen molar-refractivity contribution in [3.8, 4) is 11.3 Å². The van der Waals surface area contributed by atoms with E-state index in [1.54, 1.807) is 24.1 Å². The summed E-state index contributed by atoms with van der Waals surface area (Å²) >= 11 is 0. The van der Waals surface area contributed by atoms with Crippen molar-refractivity contribution in [3.05, 3.63) is 54.2 Å². The predicted octanol–water partition coefficient (Wildman–Crippen LogP) is 0.585. The molecule has 2 aliphatic heterocycles. The summed E-state index contributed by atoms with van der Waals surface area (Å²) in [5, 5.41) is 15.7. The van der Waals surface area contributed by atoms with Gasteiger partial charge in [-0.1, -0.05) is 50.2 Å². The minimum Gasteiger partial charge on any atom is -0.497 e. The second kappa shape index (κ2) is 13.2. The fourth-order valence-electron chi connectivity index (χ4n) is 4.76. The van der Waals surface area contributed by atoms with Crippen molar-refractivity contribution in [1.29, 1.82) is 0 Å². The van der Waals surface area contributed by atoms with Crippen molar-refractivity contribution < 1.29 is 38.3 Å². The number of nitrogens with zero attached hydrogens (tertiary/aromatic N) is 2. The Labute approximate surface area is 238 Å². The van der Waals surface area contributed by atoms with Gasteiger partial charge in [-0.05, 0) is 38.4 Å². The maximum absolute atomic E-state index is 13.4. The Morgan fingerprint density at radius 2 is 1.63 bits per heavy atom. The van der Waals surface area contributed by atoms with Gasteiger partial charge in [0.25, 0.3) is 5.91 Å². The Kier molecular flexibility index (Phi) is 9.74. The highest BCUT2D eigenvalue weighted by atomic mass is 16.6. The Bertz CT molecular complexity index is 1230. The summed E-state index contributed by atoms with van der Waals surface area (Å²) in [6, 6.07) is 11.3. The summed E-state index contributed by atoms with van der Waals surface area (Å²) in [5.74, 6) is -3.65. The highest BCUT2D eigenvalue weighted by molar-refractivity contribution is 6.51. The first-order valence-electron chi connectivity index (χ1n) is 13.6. The first-order chi connectivity index (χ1) is 19.5. The quantitative estimate of drug-likeness (QED) is 0.367. The van der Waals surface area contributed by atoms with Crippen LogP contribution in [0.1, 0.15) is 37.7 Å². The molecule has 1 aromatic carbocycles. The van der Waals surface area contributed by atoms with E-state index in [1.807, 2.05) is 44.2 Å². The third-order valence-electron chi connectivity index (χ3n) is 7.03. The zero-order valence-corrected chi connectivity index (χ0v) is 23.5. The lowest BCUT2D eigenvalue weighted by molar-refractivity contribution is -0.166. The Morgan fingerprint density at radius 1 is 1.00 bits per heavy atom. The molecule has 0 saturated carbocycles. The van der Waals surface area contributed by atoms with Gasteiger partial charge >= 0.3 is 19.1 Å². The van der Waals surface area contributed by atoms with E-state index >= 15 is 0 Å². The van der Waals surface area contributed by atoms with E-state index in [-0.39, 0.29) is 31.2 Å². The topological polar surface area (TPSA) is 156 Å². The van der Waals surface area contributed by atoms with Crippen molar-refractivity contribution >= 4 is 30.9 Å². The number of likely N-dealkylation sites (N-methyl/N-ethyl adjacent to an activating group) is 1. The van der Waals surface area contributed by atoms with Gasteiger partial charge in [0, 0.05) is 5.56 Å². The van der Waals surface area contributed by atoms with Crippen molar-refractivity contribution in [3.63, 3.8) is 0 Å². The lowest BCUT2D eigenvalue weighted by Gasteiger charge is -2.40. The van der Waals surface area contributed by atoms with E-state index in [2.05, 4.69) is 15.6 Å². The smallest absolute Gasteiger partial charge is 0.497 e. The lowest BCUT2D eigenvalue weighted by atomic mass is 9.73. The summed E-state index contributed by atoms with van der Waals surface area (Å²) < 4.78 is 16.5. The molecule has 0 radical (unpaired) electrons. The molecule has 0 spiro atoms. The average Bonchev–Trinajstić information content (AvgIpc) is 2.94. The fourth-order valence-corrected chi connectivity index (χ4v) is 4.76. The SMILES string of the molecule is CC(C)C[C@H](NC(=O)C(NC(=O)c1cccc(-c2ccccc2)n1)[C@@H](C)O)B1OC(=O)[C@@H]2COC[C@@H](C(=O)O1)N2C. The van der Waals surface area contributed by atoms with E-state index in [4.69, 9.17) is 14.0 Å². The monoisotopic (exact) mass is 566 g/mol. The number of aliphatic hydroxyl groups is 1. The van der Waals surface area contributed by atoms with Gasteiger partial charge in [0.15, 0.2) is 0 Å². The number of hydrogen-bond donors (Lipinski definition) is 3. The lowest BCUT2D eigenvalue weighted by Crippen LogP contribution is -2.64. The molecule has 5 atom stereocenters.